The second-order valence-corrected chi connectivity index (χ2v) is 8.68. The summed E-state index contributed by atoms with van der Waals surface area (Å²) in [6.07, 6.45) is 4.07. The largest absolute Gasteiger partial charge is 0.371 e. The van der Waals surface area contributed by atoms with Crippen LogP contribution in [-0.4, -0.2) is 33.8 Å². The summed E-state index contributed by atoms with van der Waals surface area (Å²) in [6, 6.07) is 16.5. The molecule has 1 unspecified atom stereocenters. The topological polar surface area (TPSA) is 88.4 Å². The molecule has 1 amide bonds. The van der Waals surface area contributed by atoms with Crippen LogP contribution in [0.2, 0.25) is 0 Å². The summed E-state index contributed by atoms with van der Waals surface area (Å²) in [5.74, 6) is -0.0736. The second kappa shape index (κ2) is 10.4. The molecule has 176 valence electrons. The number of hydrogen-bond acceptors (Lipinski definition) is 5. The Morgan fingerprint density at radius 2 is 1.97 bits per heavy atom. The summed E-state index contributed by atoms with van der Waals surface area (Å²) in [6.45, 7) is 3.02. The van der Waals surface area contributed by atoms with Gasteiger partial charge in [-0.25, -0.2) is 4.39 Å². The van der Waals surface area contributed by atoms with Crippen LogP contribution in [0.4, 0.5) is 15.8 Å². The van der Waals surface area contributed by atoms with E-state index in [0.717, 1.165) is 30.5 Å². The number of aromatic nitrogens is 1. The van der Waals surface area contributed by atoms with Crippen molar-refractivity contribution >= 4 is 17.3 Å². The van der Waals surface area contributed by atoms with Gasteiger partial charge in [-0.15, -0.1) is 0 Å². The number of amides is 1. The van der Waals surface area contributed by atoms with Crippen LogP contribution >= 0.6 is 0 Å². The van der Waals surface area contributed by atoms with Crippen LogP contribution < -0.4 is 5.32 Å². The number of rotatable bonds is 7. The number of hydrogen-bond donors (Lipinski definition) is 1. The lowest BCUT2D eigenvalue weighted by Gasteiger charge is -2.32. The summed E-state index contributed by atoms with van der Waals surface area (Å²) < 4.78 is 13.4. The van der Waals surface area contributed by atoms with Crippen molar-refractivity contribution in [3.8, 4) is 0 Å². The van der Waals surface area contributed by atoms with Gasteiger partial charge in [-0.1, -0.05) is 18.2 Å². The third kappa shape index (κ3) is 5.57. The average Bonchev–Trinajstić information content (AvgIpc) is 2.85. The van der Waals surface area contributed by atoms with Crippen molar-refractivity contribution < 1.29 is 14.1 Å². The van der Waals surface area contributed by atoms with Gasteiger partial charge >= 0.3 is 0 Å². The summed E-state index contributed by atoms with van der Waals surface area (Å²) in [4.78, 5) is 30.3. The van der Waals surface area contributed by atoms with Crippen molar-refractivity contribution in [3.63, 3.8) is 0 Å². The van der Waals surface area contributed by atoms with E-state index in [1.165, 1.54) is 12.1 Å². The maximum Gasteiger partial charge on any atom is 0.293 e. The van der Waals surface area contributed by atoms with E-state index in [-0.39, 0.29) is 23.5 Å². The third-order valence-corrected chi connectivity index (χ3v) is 6.26. The van der Waals surface area contributed by atoms with Gasteiger partial charge in [-0.3, -0.25) is 19.9 Å². The highest BCUT2D eigenvalue weighted by molar-refractivity contribution is 5.95. The zero-order valence-corrected chi connectivity index (χ0v) is 19.0. The summed E-state index contributed by atoms with van der Waals surface area (Å²) in [7, 11) is 0. The minimum absolute atomic E-state index is 0.144. The predicted molar refractivity (Wildman–Crippen MR) is 128 cm³/mol. The van der Waals surface area contributed by atoms with E-state index in [1.54, 1.807) is 35.4 Å². The summed E-state index contributed by atoms with van der Waals surface area (Å²) >= 11 is 0. The van der Waals surface area contributed by atoms with Crippen molar-refractivity contribution in [3.05, 3.63) is 99.6 Å². The first-order valence-corrected chi connectivity index (χ1v) is 11.4. The van der Waals surface area contributed by atoms with Gasteiger partial charge in [0.15, 0.2) is 0 Å². The number of pyridine rings is 1. The van der Waals surface area contributed by atoms with E-state index < -0.39 is 4.92 Å². The normalized spacial score (nSPS) is 15.1. The molecule has 1 atom stereocenters. The molecule has 0 aliphatic carbocycles. The van der Waals surface area contributed by atoms with Gasteiger partial charge in [0.25, 0.3) is 11.6 Å². The average molecular weight is 463 g/mol. The Labute approximate surface area is 197 Å². The molecule has 1 N–H and O–H groups in total. The molecule has 1 saturated heterocycles. The molecule has 34 heavy (non-hydrogen) atoms. The first kappa shape index (κ1) is 23.4. The molecular weight excluding hydrogens is 435 g/mol. The van der Waals surface area contributed by atoms with Gasteiger partial charge in [-0.05, 0) is 74.1 Å². The number of carbonyl (C=O) groups is 1. The molecule has 4 rings (SSSR count). The van der Waals surface area contributed by atoms with Crippen LogP contribution in [-0.2, 0) is 6.42 Å². The minimum Gasteiger partial charge on any atom is -0.371 e. The van der Waals surface area contributed by atoms with Gasteiger partial charge < -0.3 is 10.2 Å². The molecule has 0 radical (unpaired) electrons. The Morgan fingerprint density at radius 1 is 1.18 bits per heavy atom. The first-order chi connectivity index (χ1) is 16.4. The number of anilines is 1. The van der Waals surface area contributed by atoms with Crippen molar-refractivity contribution in [2.45, 2.75) is 32.2 Å². The maximum atomic E-state index is 13.4. The summed E-state index contributed by atoms with van der Waals surface area (Å²) in [5, 5.41) is 14.9. The van der Waals surface area contributed by atoms with E-state index in [1.807, 2.05) is 31.2 Å². The van der Waals surface area contributed by atoms with E-state index in [9.17, 15) is 19.3 Å². The number of nitro benzene ring substituents is 1. The minimum atomic E-state index is -0.477. The zero-order chi connectivity index (χ0) is 24.1. The highest BCUT2D eigenvalue weighted by Crippen LogP contribution is 2.30. The Morgan fingerprint density at radius 3 is 2.65 bits per heavy atom. The quantitative estimate of drug-likeness (QED) is 0.375. The molecule has 0 saturated carbocycles. The van der Waals surface area contributed by atoms with Gasteiger partial charge in [0, 0.05) is 30.9 Å². The standard InChI is InChI=1S/C26H27FN4O3/c1-18(23-7-2-3-12-28-23)29-24-9-8-21(17-25(24)31(33)34)26(32)30-13-10-19(11-14-30)15-20-5-4-6-22(27)16-20/h2-9,12,16-19,29H,10-11,13-15H2,1H3. The molecule has 8 heteroatoms. The number of carbonyl (C=O) groups excluding carboxylic acids is 1. The Bertz CT molecular complexity index is 1160. The summed E-state index contributed by atoms with van der Waals surface area (Å²) in [5.41, 5.74) is 2.22. The van der Waals surface area contributed by atoms with Gasteiger partial charge in [0.1, 0.15) is 11.5 Å². The third-order valence-electron chi connectivity index (χ3n) is 6.26. The molecule has 2 aromatic carbocycles. The Balaban J connectivity index is 1.41. The molecule has 1 fully saturated rings. The van der Waals surface area contributed by atoms with Crippen LogP contribution in [0.1, 0.15) is 47.4 Å². The van der Waals surface area contributed by atoms with Gasteiger partial charge in [0.2, 0.25) is 0 Å². The SMILES string of the molecule is CC(Nc1ccc(C(=O)N2CCC(Cc3cccc(F)c3)CC2)cc1[N+](=O)[O-])c1ccccn1. The molecule has 1 aliphatic rings. The fourth-order valence-electron chi connectivity index (χ4n) is 4.40. The highest BCUT2D eigenvalue weighted by atomic mass is 19.1. The van der Waals surface area contributed by atoms with Gasteiger partial charge in [-0.2, -0.15) is 0 Å². The molecule has 0 bridgehead atoms. The second-order valence-electron chi connectivity index (χ2n) is 8.68. The fraction of sp³-hybridized carbons (Fsp3) is 0.308. The maximum absolute atomic E-state index is 13.4. The number of nitro groups is 1. The fourth-order valence-corrected chi connectivity index (χ4v) is 4.40. The van der Waals surface area contributed by atoms with Gasteiger partial charge in [0.05, 0.1) is 16.7 Å². The molecule has 7 nitrogen and oxygen atoms in total. The number of likely N-dealkylation sites (tertiary alicyclic amines) is 1. The molecule has 1 aliphatic heterocycles. The lowest BCUT2D eigenvalue weighted by Crippen LogP contribution is -2.39. The lowest BCUT2D eigenvalue weighted by molar-refractivity contribution is -0.384. The van der Waals surface area contributed by atoms with E-state index in [2.05, 4.69) is 10.3 Å². The molecular formula is C26H27FN4O3. The van der Waals surface area contributed by atoms with E-state index >= 15 is 0 Å². The van der Waals surface area contributed by atoms with Crippen LogP contribution in [0.15, 0.2) is 66.9 Å². The lowest BCUT2D eigenvalue weighted by atomic mass is 9.90. The van der Waals surface area contributed by atoms with Crippen molar-refractivity contribution in [1.29, 1.82) is 0 Å². The Hall–Kier alpha value is -3.81. The molecule has 2 heterocycles. The molecule has 1 aromatic heterocycles. The van der Waals surface area contributed by atoms with Crippen LogP contribution in [0.3, 0.4) is 0 Å². The first-order valence-electron chi connectivity index (χ1n) is 11.4. The zero-order valence-electron chi connectivity index (χ0n) is 19.0. The molecule has 0 spiro atoms. The smallest absolute Gasteiger partial charge is 0.293 e. The Kier molecular flexibility index (Phi) is 7.15. The van der Waals surface area contributed by atoms with Crippen LogP contribution in [0.25, 0.3) is 0 Å². The van der Waals surface area contributed by atoms with E-state index in [0.29, 0.717) is 30.3 Å². The number of piperidine rings is 1. The number of benzene rings is 2. The van der Waals surface area contributed by atoms with Crippen molar-refractivity contribution in [2.75, 3.05) is 18.4 Å². The number of nitrogens with one attached hydrogen (secondary N) is 1. The molecule has 3 aromatic rings. The monoisotopic (exact) mass is 462 g/mol. The number of halogens is 1. The van der Waals surface area contributed by atoms with Crippen molar-refractivity contribution in [1.82, 2.24) is 9.88 Å². The highest BCUT2D eigenvalue weighted by Gasteiger charge is 2.26. The predicted octanol–water partition coefficient (Wildman–Crippen LogP) is 5.40. The van der Waals surface area contributed by atoms with Crippen LogP contribution in [0, 0.1) is 21.8 Å². The van der Waals surface area contributed by atoms with Crippen molar-refractivity contribution in [2.24, 2.45) is 5.92 Å². The van der Waals surface area contributed by atoms with Crippen LogP contribution in [0.5, 0.6) is 0 Å². The van der Waals surface area contributed by atoms with E-state index in [4.69, 9.17) is 0 Å². The number of nitrogens with zero attached hydrogens (tertiary/aromatic N) is 3.